The first-order chi connectivity index (χ1) is 17.8. The van der Waals surface area contributed by atoms with Gasteiger partial charge in [-0.25, -0.2) is 4.79 Å². The Morgan fingerprint density at radius 2 is 1.76 bits per heavy atom. The smallest absolute Gasteiger partial charge is 0.407 e. The zero-order chi connectivity index (χ0) is 25.7. The minimum absolute atomic E-state index is 0.121. The number of rotatable bonds is 4. The van der Waals surface area contributed by atoms with Crippen LogP contribution in [0.4, 0.5) is 10.5 Å². The quantitative estimate of drug-likeness (QED) is 0.595. The van der Waals surface area contributed by atoms with Crippen LogP contribution >= 0.6 is 0 Å². The third-order valence-electron chi connectivity index (χ3n) is 9.25. The number of amides is 4. The highest BCUT2D eigenvalue weighted by Gasteiger charge is 2.46. The summed E-state index contributed by atoms with van der Waals surface area (Å²) in [5.41, 5.74) is 3.02. The summed E-state index contributed by atoms with van der Waals surface area (Å²) < 4.78 is 0. The largest absolute Gasteiger partial charge is 0.465 e. The summed E-state index contributed by atoms with van der Waals surface area (Å²) in [5, 5.41) is 11.5. The van der Waals surface area contributed by atoms with Gasteiger partial charge in [-0.15, -0.1) is 0 Å². The lowest BCUT2D eigenvalue weighted by Crippen LogP contribution is -2.60. The summed E-state index contributed by atoms with van der Waals surface area (Å²) in [6.45, 7) is 6.98. The van der Waals surface area contributed by atoms with Crippen LogP contribution in [0.5, 0.6) is 0 Å². The van der Waals surface area contributed by atoms with Gasteiger partial charge in [0.2, 0.25) is 11.8 Å². The minimum atomic E-state index is -0.799. The third-order valence-corrected chi connectivity index (χ3v) is 9.25. The van der Waals surface area contributed by atoms with E-state index >= 15 is 0 Å². The van der Waals surface area contributed by atoms with E-state index in [2.05, 4.69) is 21.2 Å². The van der Waals surface area contributed by atoms with Crippen LogP contribution in [-0.2, 0) is 16.1 Å². The van der Waals surface area contributed by atoms with E-state index in [9.17, 15) is 19.2 Å². The fraction of sp³-hybridized carbons (Fsp3) is 0.630. The van der Waals surface area contributed by atoms with E-state index in [1.54, 1.807) is 4.90 Å². The molecule has 0 aliphatic carbocycles. The number of carbonyl (C=O) groups excluding carboxylic acids is 3. The maximum absolute atomic E-state index is 13.2. The molecule has 10 heteroatoms. The fourth-order valence-electron chi connectivity index (χ4n) is 6.88. The van der Waals surface area contributed by atoms with Gasteiger partial charge in [-0.05, 0) is 68.8 Å². The Balaban J connectivity index is 1.01. The number of likely N-dealkylation sites (tertiary alicyclic amines) is 2. The molecule has 6 rings (SSSR count). The molecular formula is C27H35N5O5. The van der Waals surface area contributed by atoms with E-state index in [-0.39, 0.29) is 24.1 Å². The topological polar surface area (TPSA) is 114 Å². The van der Waals surface area contributed by atoms with E-state index in [0.717, 1.165) is 56.8 Å². The van der Waals surface area contributed by atoms with Crippen molar-refractivity contribution in [3.63, 3.8) is 0 Å². The Labute approximate surface area is 216 Å². The van der Waals surface area contributed by atoms with Gasteiger partial charge in [0.25, 0.3) is 5.91 Å². The van der Waals surface area contributed by atoms with Crippen LogP contribution in [0.2, 0.25) is 0 Å². The van der Waals surface area contributed by atoms with Crippen molar-refractivity contribution in [1.29, 1.82) is 0 Å². The van der Waals surface area contributed by atoms with Crippen molar-refractivity contribution in [2.45, 2.75) is 51.1 Å². The second-order valence-electron chi connectivity index (χ2n) is 11.6. The Morgan fingerprint density at radius 3 is 2.43 bits per heavy atom. The summed E-state index contributed by atoms with van der Waals surface area (Å²) in [5.74, 6) is -0.180. The number of carboxylic acid groups (broad SMARTS) is 1. The number of nitrogens with zero attached hydrogens (tertiary/aromatic N) is 4. The van der Waals surface area contributed by atoms with Crippen molar-refractivity contribution < 1.29 is 24.3 Å². The number of benzene rings is 1. The molecule has 1 aromatic rings. The summed E-state index contributed by atoms with van der Waals surface area (Å²) in [6.07, 6.45) is 4.10. The van der Waals surface area contributed by atoms with E-state index in [0.29, 0.717) is 43.0 Å². The van der Waals surface area contributed by atoms with Crippen LogP contribution in [0.25, 0.3) is 0 Å². The first-order valence-corrected chi connectivity index (χ1v) is 13.5. The van der Waals surface area contributed by atoms with Gasteiger partial charge in [-0.3, -0.25) is 19.7 Å². The number of hydrogen-bond acceptors (Lipinski definition) is 6. The Bertz CT molecular complexity index is 1110. The van der Waals surface area contributed by atoms with Crippen molar-refractivity contribution in [3.05, 3.63) is 29.3 Å². The predicted molar refractivity (Wildman–Crippen MR) is 135 cm³/mol. The minimum Gasteiger partial charge on any atom is -0.465 e. The van der Waals surface area contributed by atoms with E-state index in [4.69, 9.17) is 5.11 Å². The third kappa shape index (κ3) is 4.56. The molecule has 0 bridgehead atoms. The van der Waals surface area contributed by atoms with Crippen LogP contribution in [-0.4, -0.2) is 95.5 Å². The van der Waals surface area contributed by atoms with Gasteiger partial charge in [0.15, 0.2) is 0 Å². The van der Waals surface area contributed by atoms with Crippen LogP contribution in [0.3, 0.4) is 0 Å². The van der Waals surface area contributed by atoms with Gasteiger partial charge in [0.1, 0.15) is 6.04 Å². The van der Waals surface area contributed by atoms with Gasteiger partial charge in [-0.1, -0.05) is 6.07 Å². The van der Waals surface area contributed by atoms with Crippen LogP contribution < -0.4 is 10.2 Å². The van der Waals surface area contributed by atoms with Crippen molar-refractivity contribution in [3.8, 4) is 0 Å². The molecule has 1 atom stereocenters. The summed E-state index contributed by atoms with van der Waals surface area (Å²) in [4.78, 5) is 56.1. The van der Waals surface area contributed by atoms with Crippen molar-refractivity contribution in [1.82, 2.24) is 20.0 Å². The summed E-state index contributed by atoms with van der Waals surface area (Å²) in [6, 6.07) is 5.50. The maximum atomic E-state index is 13.2. The molecule has 1 unspecified atom stereocenters. The van der Waals surface area contributed by atoms with Crippen LogP contribution in [0.1, 0.15) is 54.4 Å². The van der Waals surface area contributed by atoms with Crippen molar-refractivity contribution in [2.75, 3.05) is 50.7 Å². The van der Waals surface area contributed by atoms with Crippen LogP contribution in [0, 0.1) is 11.3 Å². The molecule has 5 aliphatic rings. The molecular weight excluding hydrogens is 474 g/mol. The summed E-state index contributed by atoms with van der Waals surface area (Å²) >= 11 is 0. The lowest BCUT2D eigenvalue weighted by Gasteiger charge is -2.55. The molecule has 198 valence electrons. The number of hydrogen-bond donors (Lipinski definition) is 2. The molecule has 5 heterocycles. The molecule has 4 fully saturated rings. The zero-order valence-electron chi connectivity index (χ0n) is 21.2. The zero-order valence-corrected chi connectivity index (χ0v) is 21.2. The average Bonchev–Trinajstić information content (AvgIpc) is 3.19. The van der Waals surface area contributed by atoms with Gasteiger partial charge >= 0.3 is 6.09 Å². The first kappa shape index (κ1) is 24.2. The average molecular weight is 510 g/mol. The number of fused-ring (bicyclic) bond motifs is 1. The molecule has 0 radical (unpaired) electrons. The highest BCUT2D eigenvalue weighted by molar-refractivity contribution is 6.05. The number of anilines is 1. The lowest BCUT2D eigenvalue weighted by atomic mass is 9.71. The lowest BCUT2D eigenvalue weighted by molar-refractivity contribution is -0.136. The molecule has 4 saturated heterocycles. The highest BCUT2D eigenvalue weighted by atomic mass is 16.4. The second kappa shape index (κ2) is 9.31. The van der Waals surface area contributed by atoms with Crippen molar-refractivity contribution >= 4 is 29.5 Å². The molecule has 37 heavy (non-hydrogen) atoms. The highest BCUT2D eigenvalue weighted by Crippen LogP contribution is 2.43. The van der Waals surface area contributed by atoms with Crippen LogP contribution in [0.15, 0.2) is 18.2 Å². The van der Waals surface area contributed by atoms with Gasteiger partial charge in [0, 0.05) is 62.4 Å². The number of carbonyl (C=O) groups is 4. The van der Waals surface area contributed by atoms with Crippen molar-refractivity contribution in [2.24, 2.45) is 11.3 Å². The SMILES string of the molecule is O=C1CCC(N2Cc3ccc(N4CC5(CCN(CC6CCN(C(=O)O)CC6)CC5)C4)cc3C2=O)C(=O)N1. The van der Waals surface area contributed by atoms with Gasteiger partial charge < -0.3 is 24.7 Å². The number of piperidine rings is 3. The second-order valence-corrected chi connectivity index (χ2v) is 11.6. The Kier molecular flexibility index (Phi) is 6.09. The first-order valence-electron chi connectivity index (χ1n) is 13.5. The number of nitrogens with one attached hydrogen (secondary N) is 1. The van der Waals surface area contributed by atoms with Gasteiger partial charge in [0.05, 0.1) is 0 Å². The molecule has 1 aromatic carbocycles. The van der Waals surface area contributed by atoms with E-state index in [1.807, 2.05) is 12.1 Å². The summed E-state index contributed by atoms with van der Waals surface area (Å²) in [7, 11) is 0. The molecule has 5 aliphatic heterocycles. The van der Waals surface area contributed by atoms with E-state index < -0.39 is 12.1 Å². The monoisotopic (exact) mass is 509 g/mol. The normalized spacial score (nSPS) is 26.3. The molecule has 2 N–H and O–H groups in total. The Morgan fingerprint density at radius 1 is 1.03 bits per heavy atom. The fourth-order valence-corrected chi connectivity index (χ4v) is 6.88. The van der Waals surface area contributed by atoms with E-state index in [1.165, 1.54) is 17.7 Å². The maximum Gasteiger partial charge on any atom is 0.407 e. The number of imide groups is 1. The molecule has 0 aromatic heterocycles. The predicted octanol–water partition coefficient (Wildman–Crippen LogP) is 1.74. The molecule has 0 saturated carbocycles. The molecule has 10 nitrogen and oxygen atoms in total. The molecule has 1 spiro atoms. The molecule has 4 amide bonds. The Hall–Kier alpha value is -3.14. The van der Waals surface area contributed by atoms with Gasteiger partial charge in [-0.2, -0.15) is 0 Å². The standard InChI is InChI=1S/C27H35N5O5/c33-23-4-3-22(24(34)28-23)32-15-19-1-2-20(13-21(19)25(32)35)31-16-27(17-31)7-11-29(12-8-27)14-18-5-9-30(10-6-18)26(36)37/h1-2,13,18,22H,3-12,14-17H2,(H,36,37)(H,28,33,34).